The van der Waals surface area contributed by atoms with Gasteiger partial charge in [0.05, 0.1) is 0 Å². The molecule has 0 aromatic rings. The number of aliphatic carboxylic acids is 1. The van der Waals surface area contributed by atoms with Crippen LogP contribution in [0, 0.1) is 0 Å². The molecule has 1 aliphatic heterocycles. The molecule has 7 heteroatoms. The lowest BCUT2D eigenvalue weighted by molar-refractivity contribution is -0.143. The molecule has 0 spiro atoms. The predicted octanol–water partition coefficient (Wildman–Crippen LogP) is 0.113. The van der Waals surface area contributed by atoms with E-state index in [2.05, 4.69) is 5.32 Å². The Bertz CT molecular complexity index is 357. The van der Waals surface area contributed by atoms with Gasteiger partial charge in [-0.1, -0.05) is 0 Å². The number of carbonyl (C=O) groups excluding carboxylic acids is 2. The summed E-state index contributed by atoms with van der Waals surface area (Å²) in [5.41, 5.74) is 0. The predicted molar refractivity (Wildman–Crippen MR) is 68.7 cm³/mol. The minimum absolute atomic E-state index is 0.0753. The van der Waals surface area contributed by atoms with Crippen molar-refractivity contribution in [2.45, 2.75) is 31.7 Å². The van der Waals surface area contributed by atoms with Gasteiger partial charge in [0.2, 0.25) is 5.91 Å². The van der Waals surface area contributed by atoms with Crippen molar-refractivity contribution in [1.82, 2.24) is 15.1 Å². The van der Waals surface area contributed by atoms with Crippen LogP contribution in [-0.2, 0) is 9.59 Å². The second-order valence-corrected chi connectivity index (χ2v) is 4.81. The molecule has 2 N–H and O–H groups in total. The van der Waals surface area contributed by atoms with E-state index in [1.54, 1.807) is 14.1 Å². The number of nitrogens with zero attached hydrogens (tertiary/aromatic N) is 2. The number of rotatable bonds is 4. The van der Waals surface area contributed by atoms with Crippen LogP contribution in [0.4, 0.5) is 4.79 Å². The lowest BCUT2D eigenvalue weighted by Crippen LogP contribution is -2.52. The molecule has 19 heavy (non-hydrogen) atoms. The van der Waals surface area contributed by atoms with Gasteiger partial charge < -0.3 is 20.2 Å². The molecule has 1 heterocycles. The summed E-state index contributed by atoms with van der Waals surface area (Å²) in [5, 5.41) is 11.7. The zero-order valence-corrected chi connectivity index (χ0v) is 11.4. The number of carboxylic acid groups (broad SMARTS) is 1. The first-order valence-corrected chi connectivity index (χ1v) is 6.41. The Balaban J connectivity index is 2.43. The molecule has 0 bridgehead atoms. The minimum Gasteiger partial charge on any atom is -0.480 e. The van der Waals surface area contributed by atoms with E-state index < -0.39 is 18.0 Å². The third kappa shape index (κ3) is 4.42. The summed E-state index contributed by atoms with van der Waals surface area (Å²) in [6.45, 7) is 0.670. The summed E-state index contributed by atoms with van der Waals surface area (Å²) in [6, 6.07) is -1.16. The highest BCUT2D eigenvalue weighted by Gasteiger charge is 2.31. The number of hydrogen-bond donors (Lipinski definition) is 2. The fourth-order valence-corrected chi connectivity index (χ4v) is 2.03. The molecule has 0 radical (unpaired) electrons. The molecule has 3 amide bonds. The van der Waals surface area contributed by atoms with Crippen LogP contribution in [0.15, 0.2) is 0 Å². The quantitative estimate of drug-likeness (QED) is 0.759. The van der Waals surface area contributed by atoms with Gasteiger partial charge in [-0.25, -0.2) is 9.59 Å². The Morgan fingerprint density at radius 1 is 1.32 bits per heavy atom. The van der Waals surface area contributed by atoms with Crippen molar-refractivity contribution >= 4 is 17.9 Å². The molecular formula is C12H21N3O4. The van der Waals surface area contributed by atoms with Crippen LogP contribution in [0.3, 0.4) is 0 Å². The first-order valence-electron chi connectivity index (χ1n) is 6.41. The van der Waals surface area contributed by atoms with E-state index in [1.165, 1.54) is 9.80 Å². The number of likely N-dealkylation sites (tertiary alicyclic amines) is 1. The van der Waals surface area contributed by atoms with Crippen molar-refractivity contribution in [3.05, 3.63) is 0 Å². The number of carboxylic acids is 1. The molecule has 1 aliphatic rings. The van der Waals surface area contributed by atoms with Crippen LogP contribution in [0.5, 0.6) is 0 Å². The van der Waals surface area contributed by atoms with E-state index in [9.17, 15) is 14.4 Å². The SMILES string of the molecule is CN(C)C(=O)CCNC(=O)N1CCCCC1C(=O)O. The van der Waals surface area contributed by atoms with Crippen LogP contribution < -0.4 is 5.32 Å². The van der Waals surface area contributed by atoms with Crippen LogP contribution in [0.25, 0.3) is 0 Å². The third-order valence-electron chi connectivity index (χ3n) is 3.16. The summed E-state index contributed by atoms with van der Waals surface area (Å²) in [6.07, 6.45) is 2.33. The topological polar surface area (TPSA) is 90.0 Å². The zero-order chi connectivity index (χ0) is 14.4. The van der Waals surface area contributed by atoms with Crippen molar-refractivity contribution in [2.24, 2.45) is 0 Å². The summed E-state index contributed by atoms with van der Waals surface area (Å²) in [5.74, 6) is -1.05. The molecule has 1 atom stereocenters. The lowest BCUT2D eigenvalue weighted by Gasteiger charge is -2.32. The Labute approximate surface area is 112 Å². The number of urea groups is 1. The first kappa shape index (κ1) is 15.3. The van der Waals surface area contributed by atoms with Crippen molar-refractivity contribution in [3.63, 3.8) is 0 Å². The molecule has 0 aromatic carbocycles. The summed E-state index contributed by atoms with van der Waals surface area (Å²) in [7, 11) is 3.30. The molecule has 1 unspecified atom stereocenters. The van der Waals surface area contributed by atoms with E-state index in [1.807, 2.05) is 0 Å². The average molecular weight is 271 g/mol. The van der Waals surface area contributed by atoms with Crippen LogP contribution >= 0.6 is 0 Å². The second-order valence-electron chi connectivity index (χ2n) is 4.81. The van der Waals surface area contributed by atoms with Crippen molar-refractivity contribution < 1.29 is 19.5 Å². The van der Waals surface area contributed by atoms with Gasteiger partial charge in [0, 0.05) is 33.6 Å². The number of amides is 3. The second kappa shape index (κ2) is 6.96. The largest absolute Gasteiger partial charge is 0.480 e. The number of hydrogen-bond acceptors (Lipinski definition) is 3. The Morgan fingerprint density at radius 3 is 2.58 bits per heavy atom. The monoisotopic (exact) mass is 271 g/mol. The van der Waals surface area contributed by atoms with E-state index >= 15 is 0 Å². The lowest BCUT2D eigenvalue weighted by atomic mass is 10.0. The van der Waals surface area contributed by atoms with Crippen molar-refractivity contribution in [1.29, 1.82) is 0 Å². The minimum atomic E-state index is -0.973. The molecule has 1 saturated heterocycles. The van der Waals surface area contributed by atoms with Crippen LogP contribution in [0.2, 0.25) is 0 Å². The van der Waals surface area contributed by atoms with E-state index in [-0.39, 0.29) is 18.9 Å². The summed E-state index contributed by atoms with van der Waals surface area (Å²) < 4.78 is 0. The molecule has 1 rings (SSSR count). The first-order chi connectivity index (χ1) is 8.93. The van der Waals surface area contributed by atoms with E-state index in [4.69, 9.17) is 5.11 Å². The summed E-state index contributed by atoms with van der Waals surface area (Å²) in [4.78, 5) is 37.1. The number of carbonyl (C=O) groups is 3. The molecule has 7 nitrogen and oxygen atoms in total. The van der Waals surface area contributed by atoms with Crippen LogP contribution in [0.1, 0.15) is 25.7 Å². The highest BCUT2D eigenvalue weighted by molar-refractivity contribution is 5.83. The van der Waals surface area contributed by atoms with Crippen molar-refractivity contribution in [3.8, 4) is 0 Å². The maximum absolute atomic E-state index is 11.9. The van der Waals surface area contributed by atoms with Crippen LogP contribution in [-0.4, -0.2) is 66.0 Å². The summed E-state index contributed by atoms with van der Waals surface area (Å²) >= 11 is 0. The van der Waals surface area contributed by atoms with Gasteiger partial charge in [-0.05, 0) is 19.3 Å². The van der Waals surface area contributed by atoms with Crippen molar-refractivity contribution in [2.75, 3.05) is 27.2 Å². The maximum Gasteiger partial charge on any atom is 0.326 e. The molecular weight excluding hydrogens is 250 g/mol. The smallest absolute Gasteiger partial charge is 0.326 e. The van der Waals surface area contributed by atoms with E-state index in [0.717, 1.165) is 12.8 Å². The van der Waals surface area contributed by atoms with Gasteiger partial charge >= 0.3 is 12.0 Å². The van der Waals surface area contributed by atoms with E-state index in [0.29, 0.717) is 13.0 Å². The Hall–Kier alpha value is -1.79. The standard InChI is InChI=1S/C12H21N3O4/c1-14(2)10(16)6-7-13-12(19)15-8-4-3-5-9(15)11(17)18/h9H,3-8H2,1-2H3,(H,13,19)(H,17,18). The number of piperidine rings is 1. The molecule has 1 fully saturated rings. The average Bonchev–Trinajstić information content (AvgIpc) is 2.38. The zero-order valence-electron chi connectivity index (χ0n) is 11.4. The molecule has 0 aromatic heterocycles. The molecule has 0 saturated carbocycles. The number of nitrogens with one attached hydrogen (secondary N) is 1. The fraction of sp³-hybridized carbons (Fsp3) is 0.750. The highest BCUT2D eigenvalue weighted by Crippen LogP contribution is 2.17. The third-order valence-corrected chi connectivity index (χ3v) is 3.16. The Kier molecular flexibility index (Phi) is 5.59. The fourth-order valence-electron chi connectivity index (χ4n) is 2.03. The van der Waals surface area contributed by atoms with Gasteiger partial charge in [-0.15, -0.1) is 0 Å². The van der Waals surface area contributed by atoms with Gasteiger partial charge in [0.1, 0.15) is 6.04 Å². The van der Waals surface area contributed by atoms with Gasteiger partial charge in [-0.2, -0.15) is 0 Å². The van der Waals surface area contributed by atoms with Gasteiger partial charge in [0.15, 0.2) is 0 Å². The Morgan fingerprint density at radius 2 is 2.00 bits per heavy atom. The molecule has 108 valence electrons. The molecule has 0 aliphatic carbocycles. The highest BCUT2D eigenvalue weighted by atomic mass is 16.4. The van der Waals surface area contributed by atoms with Gasteiger partial charge in [0.25, 0.3) is 0 Å². The maximum atomic E-state index is 11.9. The van der Waals surface area contributed by atoms with Gasteiger partial charge in [-0.3, -0.25) is 4.79 Å². The normalized spacial score (nSPS) is 18.8.